The summed E-state index contributed by atoms with van der Waals surface area (Å²) < 4.78 is 44.9. The highest BCUT2D eigenvalue weighted by molar-refractivity contribution is 8.27. The summed E-state index contributed by atoms with van der Waals surface area (Å²) in [6.07, 6.45) is -3.17. The Bertz CT molecular complexity index is 1340. The second-order valence-electron chi connectivity index (χ2n) is 6.69. The predicted molar refractivity (Wildman–Crippen MR) is 123 cm³/mol. The standard InChI is InChI=1S/C21H10ClF3N2O4S2/c22-16-6-4-13(27(29)30)9-15(16)17-7-5-14(31-17)10-18-19(28)26(20(32)33-18)12-3-1-2-11(8-12)21(23,24)25/h1-10H/b18-10-. The average Bonchev–Trinajstić information content (AvgIpc) is 3.32. The number of furan rings is 1. The van der Waals surface area contributed by atoms with Gasteiger partial charge in [0.05, 0.1) is 26.1 Å². The van der Waals surface area contributed by atoms with E-state index in [2.05, 4.69) is 0 Å². The quantitative estimate of drug-likeness (QED) is 0.164. The van der Waals surface area contributed by atoms with E-state index in [9.17, 15) is 28.1 Å². The Balaban J connectivity index is 1.63. The zero-order chi connectivity index (χ0) is 23.9. The molecule has 33 heavy (non-hydrogen) atoms. The molecule has 0 atom stereocenters. The van der Waals surface area contributed by atoms with Crippen molar-refractivity contribution in [2.45, 2.75) is 6.18 Å². The van der Waals surface area contributed by atoms with Gasteiger partial charge in [-0.2, -0.15) is 13.2 Å². The Kier molecular flexibility index (Phi) is 6.04. The summed E-state index contributed by atoms with van der Waals surface area (Å²) in [5.41, 5.74) is -0.780. The smallest absolute Gasteiger partial charge is 0.416 e. The maximum atomic E-state index is 13.0. The van der Waals surface area contributed by atoms with Gasteiger partial charge in [-0.15, -0.1) is 0 Å². The molecule has 1 aliphatic heterocycles. The van der Waals surface area contributed by atoms with Crippen molar-refractivity contribution >= 4 is 63.3 Å². The van der Waals surface area contributed by atoms with Crippen LogP contribution in [-0.4, -0.2) is 15.2 Å². The number of carbonyl (C=O) groups excluding carboxylic acids is 1. The molecule has 0 aliphatic carbocycles. The Morgan fingerprint density at radius 2 is 1.91 bits per heavy atom. The summed E-state index contributed by atoms with van der Waals surface area (Å²) in [7, 11) is 0. The number of nitro benzene ring substituents is 1. The molecule has 1 fully saturated rings. The van der Waals surface area contributed by atoms with Gasteiger partial charge in [-0.1, -0.05) is 41.6 Å². The molecule has 2 heterocycles. The van der Waals surface area contributed by atoms with Crippen LogP contribution in [0.4, 0.5) is 24.5 Å². The maximum Gasteiger partial charge on any atom is 0.416 e. The van der Waals surface area contributed by atoms with E-state index >= 15 is 0 Å². The fourth-order valence-corrected chi connectivity index (χ4v) is 4.52. The molecule has 0 unspecified atom stereocenters. The van der Waals surface area contributed by atoms with Gasteiger partial charge in [-0.3, -0.25) is 19.8 Å². The third kappa shape index (κ3) is 4.65. The zero-order valence-corrected chi connectivity index (χ0v) is 18.5. The Morgan fingerprint density at radius 1 is 1.15 bits per heavy atom. The molecular formula is C21H10ClF3N2O4S2. The number of carbonyl (C=O) groups is 1. The molecule has 3 aromatic rings. The first-order valence-electron chi connectivity index (χ1n) is 9.04. The highest BCUT2D eigenvalue weighted by Crippen LogP contribution is 2.39. The van der Waals surface area contributed by atoms with E-state index in [1.54, 1.807) is 0 Å². The number of nitro groups is 1. The molecule has 0 bridgehead atoms. The predicted octanol–water partition coefficient (Wildman–Crippen LogP) is 6.93. The highest BCUT2D eigenvalue weighted by atomic mass is 35.5. The maximum absolute atomic E-state index is 13.0. The Hall–Kier alpha value is -3.15. The fourth-order valence-electron chi connectivity index (χ4n) is 3.03. The van der Waals surface area contributed by atoms with Gasteiger partial charge in [0.15, 0.2) is 4.32 Å². The number of thiocarbonyl (C=S) groups is 1. The molecule has 168 valence electrons. The van der Waals surface area contributed by atoms with Crippen LogP contribution in [0.15, 0.2) is 63.9 Å². The van der Waals surface area contributed by atoms with E-state index in [0.717, 1.165) is 28.8 Å². The van der Waals surface area contributed by atoms with E-state index in [-0.39, 0.29) is 37.1 Å². The first kappa shape index (κ1) is 23.0. The van der Waals surface area contributed by atoms with Gasteiger partial charge in [0.1, 0.15) is 11.5 Å². The first-order chi connectivity index (χ1) is 15.5. The number of amides is 1. The van der Waals surface area contributed by atoms with Gasteiger partial charge >= 0.3 is 6.18 Å². The summed E-state index contributed by atoms with van der Waals surface area (Å²) in [5, 5.41) is 11.3. The van der Waals surface area contributed by atoms with Crippen molar-refractivity contribution in [2.24, 2.45) is 0 Å². The van der Waals surface area contributed by atoms with Gasteiger partial charge in [-0.05, 0) is 36.4 Å². The van der Waals surface area contributed by atoms with Crippen LogP contribution in [0, 0.1) is 10.1 Å². The molecule has 2 aromatic carbocycles. The lowest BCUT2D eigenvalue weighted by molar-refractivity contribution is -0.384. The molecule has 0 N–H and O–H groups in total. The largest absolute Gasteiger partial charge is 0.457 e. The van der Waals surface area contributed by atoms with Crippen LogP contribution in [0.3, 0.4) is 0 Å². The van der Waals surface area contributed by atoms with Crippen molar-refractivity contribution in [3.8, 4) is 11.3 Å². The van der Waals surface area contributed by atoms with Crippen LogP contribution in [0.1, 0.15) is 11.3 Å². The minimum absolute atomic E-state index is 0.000708. The monoisotopic (exact) mass is 510 g/mol. The molecule has 0 radical (unpaired) electrons. The average molecular weight is 511 g/mol. The molecule has 1 amide bonds. The van der Waals surface area contributed by atoms with E-state index in [0.29, 0.717) is 5.56 Å². The topological polar surface area (TPSA) is 76.6 Å². The highest BCUT2D eigenvalue weighted by Gasteiger charge is 2.36. The molecule has 12 heteroatoms. The Labute approximate surface area is 198 Å². The number of hydrogen-bond acceptors (Lipinski definition) is 6. The van der Waals surface area contributed by atoms with E-state index < -0.39 is 22.6 Å². The summed E-state index contributed by atoms with van der Waals surface area (Å²) in [6.45, 7) is 0. The first-order valence-corrected chi connectivity index (χ1v) is 10.6. The molecular weight excluding hydrogens is 501 g/mol. The van der Waals surface area contributed by atoms with Crippen LogP contribution in [0.5, 0.6) is 0 Å². The van der Waals surface area contributed by atoms with E-state index in [1.165, 1.54) is 48.5 Å². The summed E-state index contributed by atoms with van der Waals surface area (Å²) in [6, 6.07) is 11.3. The molecule has 1 saturated heterocycles. The van der Waals surface area contributed by atoms with Gasteiger partial charge in [0, 0.05) is 23.8 Å². The van der Waals surface area contributed by atoms with Crippen molar-refractivity contribution in [2.75, 3.05) is 4.90 Å². The van der Waals surface area contributed by atoms with Crippen LogP contribution >= 0.6 is 35.6 Å². The third-order valence-electron chi connectivity index (χ3n) is 4.55. The molecule has 6 nitrogen and oxygen atoms in total. The van der Waals surface area contributed by atoms with Crippen LogP contribution in [0.2, 0.25) is 5.02 Å². The minimum Gasteiger partial charge on any atom is -0.457 e. The van der Waals surface area contributed by atoms with Crippen molar-refractivity contribution in [1.82, 2.24) is 0 Å². The SMILES string of the molecule is O=C1/C(=C/c2ccc(-c3cc([N+](=O)[O-])ccc3Cl)o2)SC(=S)N1c1cccc(C(F)(F)F)c1. The number of benzene rings is 2. The van der Waals surface area contributed by atoms with Crippen molar-refractivity contribution in [1.29, 1.82) is 0 Å². The third-order valence-corrected chi connectivity index (χ3v) is 6.18. The minimum atomic E-state index is -4.56. The zero-order valence-electron chi connectivity index (χ0n) is 16.1. The second-order valence-corrected chi connectivity index (χ2v) is 8.77. The number of rotatable bonds is 4. The van der Waals surface area contributed by atoms with E-state index in [4.69, 9.17) is 28.2 Å². The summed E-state index contributed by atoms with van der Waals surface area (Å²) in [5.74, 6) is -0.129. The number of thioether (sulfide) groups is 1. The summed E-state index contributed by atoms with van der Waals surface area (Å²) in [4.78, 5) is 24.5. The van der Waals surface area contributed by atoms with Crippen LogP contribution in [-0.2, 0) is 11.0 Å². The van der Waals surface area contributed by atoms with Gasteiger partial charge in [-0.25, -0.2) is 0 Å². The molecule has 4 rings (SSSR count). The lowest BCUT2D eigenvalue weighted by Gasteiger charge is -2.16. The number of non-ortho nitro benzene ring substituents is 1. The number of hydrogen-bond donors (Lipinski definition) is 0. The summed E-state index contributed by atoms with van der Waals surface area (Å²) >= 11 is 12.2. The van der Waals surface area contributed by atoms with Crippen molar-refractivity contribution in [3.05, 3.63) is 86.0 Å². The van der Waals surface area contributed by atoms with Crippen LogP contribution < -0.4 is 4.90 Å². The number of anilines is 1. The van der Waals surface area contributed by atoms with Gasteiger partial charge in [0.25, 0.3) is 11.6 Å². The number of halogens is 4. The molecule has 0 spiro atoms. The van der Waals surface area contributed by atoms with Crippen LogP contribution in [0.25, 0.3) is 17.4 Å². The lowest BCUT2D eigenvalue weighted by atomic mass is 10.1. The lowest BCUT2D eigenvalue weighted by Crippen LogP contribution is -2.27. The Morgan fingerprint density at radius 3 is 2.61 bits per heavy atom. The normalized spacial score (nSPS) is 15.5. The number of alkyl halides is 3. The second kappa shape index (κ2) is 8.65. The van der Waals surface area contributed by atoms with Crippen molar-refractivity contribution < 1.29 is 27.3 Å². The number of nitrogens with zero attached hydrogens (tertiary/aromatic N) is 2. The van der Waals surface area contributed by atoms with Gasteiger partial charge < -0.3 is 4.42 Å². The molecule has 1 aliphatic rings. The molecule has 0 saturated carbocycles. The van der Waals surface area contributed by atoms with Crippen molar-refractivity contribution in [3.63, 3.8) is 0 Å². The fraction of sp³-hybridized carbons (Fsp3) is 0.0476. The van der Waals surface area contributed by atoms with E-state index in [1.807, 2.05) is 0 Å². The van der Waals surface area contributed by atoms with Gasteiger partial charge in [0.2, 0.25) is 0 Å². The molecule has 1 aromatic heterocycles.